The van der Waals surface area contributed by atoms with Crippen LogP contribution in [-0.2, 0) is 6.54 Å². The molecule has 0 saturated heterocycles. The van der Waals surface area contributed by atoms with Crippen molar-refractivity contribution in [1.29, 1.82) is 0 Å². The largest absolute Gasteiger partial charge is 0.313 e. The lowest BCUT2D eigenvalue weighted by Gasteiger charge is -2.25. The Labute approximate surface area is 115 Å². The molecule has 18 heavy (non-hydrogen) atoms. The molecule has 1 saturated carbocycles. The first-order chi connectivity index (χ1) is 8.66. The highest BCUT2D eigenvalue weighted by Gasteiger charge is 2.16. The minimum Gasteiger partial charge on any atom is -0.313 e. The van der Waals surface area contributed by atoms with Crippen molar-refractivity contribution in [1.82, 2.24) is 5.32 Å². The summed E-state index contributed by atoms with van der Waals surface area (Å²) in [7, 11) is 0. The van der Waals surface area contributed by atoms with E-state index < -0.39 is 0 Å². The molecule has 1 aliphatic carbocycles. The van der Waals surface area contributed by atoms with E-state index in [4.69, 9.17) is 0 Å². The third-order valence-corrected chi connectivity index (χ3v) is 4.26. The van der Waals surface area contributed by atoms with Crippen LogP contribution >= 0.6 is 15.9 Å². The van der Waals surface area contributed by atoms with Gasteiger partial charge in [0.2, 0.25) is 0 Å². The zero-order valence-electron chi connectivity index (χ0n) is 10.2. The first-order valence-electron chi connectivity index (χ1n) is 6.30. The number of hydrogen-bond donors (Lipinski definition) is 1. The van der Waals surface area contributed by atoms with Crippen molar-refractivity contribution in [3.8, 4) is 0 Å². The molecule has 0 aromatic heterocycles. The van der Waals surface area contributed by atoms with Gasteiger partial charge in [0.1, 0.15) is 0 Å². The summed E-state index contributed by atoms with van der Waals surface area (Å²) in [6.45, 7) is 1.78. The normalized spacial score (nSPS) is 15.4. The number of hydrogen-bond acceptors (Lipinski definition) is 3. The lowest BCUT2D eigenvalue weighted by atomic mass is 9.83. The van der Waals surface area contributed by atoms with Gasteiger partial charge in [0.25, 0.3) is 5.69 Å². The number of rotatable bonds is 6. The molecule has 4 nitrogen and oxygen atoms in total. The summed E-state index contributed by atoms with van der Waals surface area (Å²) in [5.41, 5.74) is 1.19. The smallest absolute Gasteiger partial charge is 0.270 e. The second-order valence-electron chi connectivity index (χ2n) is 4.80. The van der Waals surface area contributed by atoms with Gasteiger partial charge in [-0.15, -0.1) is 0 Å². The van der Waals surface area contributed by atoms with E-state index in [1.165, 1.54) is 25.7 Å². The predicted octanol–water partition coefficient (Wildman–Crippen LogP) is 3.64. The van der Waals surface area contributed by atoms with Gasteiger partial charge >= 0.3 is 0 Å². The molecule has 0 atom stereocenters. The van der Waals surface area contributed by atoms with Crippen LogP contribution in [0.4, 0.5) is 5.69 Å². The van der Waals surface area contributed by atoms with Crippen LogP contribution in [0.2, 0.25) is 0 Å². The van der Waals surface area contributed by atoms with Gasteiger partial charge in [-0.05, 0) is 30.5 Å². The second-order valence-corrected chi connectivity index (χ2v) is 5.65. The Hall–Kier alpha value is -0.940. The number of benzene rings is 1. The molecule has 0 unspecified atom stereocenters. The Balaban J connectivity index is 1.79. The van der Waals surface area contributed by atoms with Gasteiger partial charge in [-0.3, -0.25) is 10.1 Å². The highest BCUT2D eigenvalue weighted by atomic mass is 79.9. The van der Waals surface area contributed by atoms with Crippen LogP contribution < -0.4 is 5.32 Å². The molecule has 2 rings (SSSR count). The van der Waals surface area contributed by atoms with Gasteiger partial charge < -0.3 is 5.32 Å². The number of halogens is 1. The summed E-state index contributed by atoms with van der Waals surface area (Å²) in [5, 5.41) is 14.0. The number of non-ortho nitro benzene ring substituents is 1. The highest BCUT2D eigenvalue weighted by molar-refractivity contribution is 9.10. The van der Waals surface area contributed by atoms with Crippen molar-refractivity contribution in [2.24, 2.45) is 5.92 Å². The van der Waals surface area contributed by atoms with Crippen molar-refractivity contribution in [2.75, 3.05) is 6.54 Å². The molecule has 1 aromatic carbocycles. The second kappa shape index (κ2) is 6.29. The van der Waals surface area contributed by atoms with E-state index in [-0.39, 0.29) is 10.6 Å². The third-order valence-electron chi connectivity index (χ3n) is 3.52. The van der Waals surface area contributed by atoms with E-state index in [9.17, 15) is 10.1 Å². The molecule has 5 heteroatoms. The molecule has 1 fully saturated rings. The molecule has 0 heterocycles. The average Bonchev–Trinajstić information content (AvgIpc) is 2.28. The predicted molar refractivity (Wildman–Crippen MR) is 74.5 cm³/mol. The van der Waals surface area contributed by atoms with Crippen LogP contribution in [0.25, 0.3) is 0 Å². The third kappa shape index (κ3) is 3.53. The van der Waals surface area contributed by atoms with Crippen molar-refractivity contribution in [2.45, 2.75) is 32.2 Å². The van der Waals surface area contributed by atoms with Gasteiger partial charge in [0.15, 0.2) is 0 Å². The molecule has 0 amide bonds. The van der Waals surface area contributed by atoms with Crippen molar-refractivity contribution in [3.63, 3.8) is 0 Å². The van der Waals surface area contributed by atoms with Crippen LogP contribution in [0.1, 0.15) is 31.2 Å². The summed E-state index contributed by atoms with van der Waals surface area (Å²) in [4.78, 5) is 10.2. The number of nitro benzene ring substituents is 1. The molecule has 0 radical (unpaired) electrons. The van der Waals surface area contributed by atoms with E-state index in [1.807, 2.05) is 0 Å². The van der Waals surface area contributed by atoms with E-state index in [1.54, 1.807) is 18.2 Å². The van der Waals surface area contributed by atoms with Crippen molar-refractivity contribution >= 4 is 21.6 Å². The number of nitro groups is 1. The van der Waals surface area contributed by atoms with Crippen LogP contribution in [-0.4, -0.2) is 11.5 Å². The topological polar surface area (TPSA) is 55.2 Å². The molecule has 1 aliphatic rings. The van der Waals surface area contributed by atoms with Gasteiger partial charge in [-0.25, -0.2) is 0 Å². The monoisotopic (exact) mass is 312 g/mol. The van der Waals surface area contributed by atoms with Crippen LogP contribution in [0.5, 0.6) is 0 Å². The quantitative estimate of drug-likeness (QED) is 0.495. The average molecular weight is 313 g/mol. The summed E-state index contributed by atoms with van der Waals surface area (Å²) in [6, 6.07) is 4.91. The lowest BCUT2D eigenvalue weighted by molar-refractivity contribution is -0.384. The summed E-state index contributed by atoms with van der Waals surface area (Å²) >= 11 is 3.38. The molecule has 0 bridgehead atoms. The highest BCUT2D eigenvalue weighted by Crippen LogP contribution is 2.29. The van der Waals surface area contributed by atoms with Gasteiger partial charge in [0, 0.05) is 23.2 Å². The fourth-order valence-electron chi connectivity index (χ4n) is 2.10. The van der Waals surface area contributed by atoms with Crippen LogP contribution in [0.15, 0.2) is 22.7 Å². The van der Waals surface area contributed by atoms with Gasteiger partial charge in [-0.2, -0.15) is 0 Å². The minimum absolute atomic E-state index is 0.125. The zero-order valence-corrected chi connectivity index (χ0v) is 11.8. The molecule has 0 spiro atoms. The van der Waals surface area contributed by atoms with E-state index in [0.29, 0.717) is 0 Å². The first kappa shape index (κ1) is 13.5. The van der Waals surface area contributed by atoms with Crippen molar-refractivity contribution in [3.05, 3.63) is 38.3 Å². The summed E-state index contributed by atoms with van der Waals surface area (Å²) in [6.07, 6.45) is 5.38. The Morgan fingerprint density at radius 2 is 2.22 bits per heavy atom. The van der Waals surface area contributed by atoms with Crippen molar-refractivity contribution < 1.29 is 4.92 Å². The molecule has 98 valence electrons. The number of nitrogens with one attached hydrogen (secondary N) is 1. The Kier molecular flexibility index (Phi) is 4.72. The number of nitrogens with zero attached hydrogens (tertiary/aromatic N) is 1. The van der Waals surface area contributed by atoms with E-state index >= 15 is 0 Å². The SMILES string of the molecule is O=[N+]([O-])c1ccc(CNCCC2CCC2)c(Br)c1. The zero-order chi connectivity index (χ0) is 13.0. The summed E-state index contributed by atoms with van der Waals surface area (Å²) in [5.74, 6) is 0.915. The summed E-state index contributed by atoms with van der Waals surface area (Å²) < 4.78 is 0.799. The first-order valence-corrected chi connectivity index (χ1v) is 7.09. The lowest BCUT2D eigenvalue weighted by Crippen LogP contribution is -2.21. The van der Waals surface area contributed by atoms with E-state index in [0.717, 1.165) is 29.0 Å². The molecule has 0 aliphatic heterocycles. The van der Waals surface area contributed by atoms with Crippen LogP contribution in [0.3, 0.4) is 0 Å². The van der Waals surface area contributed by atoms with Crippen LogP contribution in [0, 0.1) is 16.0 Å². The Morgan fingerprint density at radius 1 is 1.44 bits per heavy atom. The maximum Gasteiger partial charge on any atom is 0.270 e. The maximum absolute atomic E-state index is 10.6. The Bertz CT molecular complexity index is 433. The minimum atomic E-state index is -0.376. The molecule has 1 aromatic rings. The van der Waals surface area contributed by atoms with Gasteiger partial charge in [0.05, 0.1) is 4.92 Å². The fourth-order valence-corrected chi connectivity index (χ4v) is 2.61. The maximum atomic E-state index is 10.6. The van der Waals surface area contributed by atoms with E-state index in [2.05, 4.69) is 21.2 Å². The van der Waals surface area contributed by atoms with Gasteiger partial charge in [-0.1, -0.05) is 35.2 Å². The molecular weight excluding hydrogens is 296 g/mol. The molecular formula is C13H17BrN2O2. The molecule has 1 N–H and O–H groups in total. The fraction of sp³-hybridized carbons (Fsp3) is 0.538. The Morgan fingerprint density at radius 3 is 2.78 bits per heavy atom. The standard InChI is InChI=1S/C13H17BrN2O2/c14-13-8-12(16(17)18)5-4-11(13)9-15-7-6-10-2-1-3-10/h4-5,8,10,15H,1-3,6-7,9H2.